The Morgan fingerprint density at radius 2 is 2.20 bits per heavy atom. The molecule has 20 heavy (non-hydrogen) atoms. The molecular formula is C10H14N6O2S2. The number of amides is 1. The number of nitrogens with two attached hydrogens (primary N) is 1. The smallest absolute Gasteiger partial charge is 0.271 e. The Balaban J connectivity index is 2.02. The van der Waals surface area contributed by atoms with Crippen molar-refractivity contribution >= 4 is 44.9 Å². The number of ether oxygens (including phenoxy) is 1. The van der Waals surface area contributed by atoms with Crippen molar-refractivity contribution in [2.45, 2.75) is 6.92 Å². The molecule has 0 fully saturated rings. The van der Waals surface area contributed by atoms with Crippen LogP contribution in [0.15, 0.2) is 0 Å². The molecule has 2 heterocycles. The van der Waals surface area contributed by atoms with Crippen molar-refractivity contribution in [3.63, 3.8) is 0 Å². The summed E-state index contributed by atoms with van der Waals surface area (Å²) < 4.78 is 8.91. The minimum atomic E-state index is -0.337. The van der Waals surface area contributed by atoms with E-state index in [1.54, 1.807) is 14.0 Å². The van der Waals surface area contributed by atoms with Crippen LogP contribution in [0.3, 0.4) is 0 Å². The van der Waals surface area contributed by atoms with Gasteiger partial charge in [-0.15, -0.1) is 0 Å². The first-order valence-electron chi connectivity index (χ1n) is 5.71. The summed E-state index contributed by atoms with van der Waals surface area (Å²) in [5.74, 6) is 0.467. The standard InChI is InChI=1S/C10H14N6O2S2/c1-5-13-10(20-16-5)15-8(17)6-7(11)14-9(19-6)12-3-4-18-2/h3-4,11H2,1-2H3,(H,12,14)(H,13,15,16,17). The largest absolute Gasteiger partial charge is 0.383 e. The topological polar surface area (TPSA) is 115 Å². The Kier molecular flexibility index (Phi) is 4.82. The summed E-state index contributed by atoms with van der Waals surface area (Å²) in [6.45, 7) is 2.90. The summed E-state index contributed by atoms with van der Waals surface area (Å²) in [7, 11) is 1.61. The summed E-state index contributed by atoms with van der Waals surface area (Å²) in [4.78, 5) is 20.5. The predicted octanol–water partition coefficient (Wildman–Crippen LogP) is 1.20. The normalized spacial score (nSPS) is 10.5. The summed E-state index contributed by atoms with van der Waals surface area (Å²) in [6.07, 6.45) is 0. The predicted molar refractivity (Wildman–Crippen MR) is 79.5 cm³/mol. The highest BCUT2D eigenvalue weighted by molar-refractivity contribution is 7.18. The minimum absolute atomic E-state index is 0.189. The number of rotatable bonds is 6. The maximum absolute atomic E-state index is 12.1. The van der Waals surface area contributed by atoms with E-state index in [1.165, 1.54) is 11.3 Å². The molecule has 0 saturated carbocycles. The number of aromatic nitrogens is 3. The molecule has 0 spiro atoms. The van der Waals surface area contributed by atoms with Crippen molar-refractivity contribution in [3.8, 4) is 0 Å². The Labute approximate surface area is 123 Å². The van der Waals surface area contributed by atoms with E-state index in [0.717, 1.165) is 11.5 Å². The van der Waals surface area contributed by atoms with Crippen LogP contribution in [0.1, 0.15) is 15.5 Å². The lowest BCUT2D eigenvalue weighted by atomic mass is 10.5. The van der Waals surface area contributed by atoms with Crippen LogP contribution in [0, 0.1) is 6.92 Å². The number of nitrogen functional groups attached to an aromatic ring is 1. The number of thiazole rings is 1. The number of hydrogen-bond acceptors (Lipinski definition) is 9. The Bertz CT molecular complexity index is 596. The van der Waals surface area contributed by atoms with Crippen molar-refractivity contribution < 1.29 is 9.53 Å². The number of carbonyl (C=O) groups is 1. The van der Waals surface area contributed by atoms with E-state index >= 15 is 0 Å². The van der Waals surface area contributed by atoms with Gasteiger partial charge in [0.2, 0.25) is 5.13 Å². The van der Waals surface area contributed by atoms with Gasteiger partial charge in [0.15, 0.2) is 5.13 Å². The highest BCUT2D eigenvalue weighted by Gasteiger charge is 2.17. The number of carbonyl (C=O) groups excluding carboxylic acids is 1. The number of methoxy groups -OCH3 is 1. The molecule has 4 N–H and O–H groups in total. The lowest BCUT2D eigenvalue weighted by Crippen LogP contribution is -2.11. The number of hydrogen-bond donors (Lipinski definition) is 3. The first-order valence-corrected chi connectivity index (χ1v) is 7.30. The Morgan fingerprint density at radius 3 is 2.85 bits per heavy atom. The number of aryl methyl sites for hydroxylation is 1. The van der Waals surface area contributed by atoms with E-state index in [0.29, 0.717) is 34.1 Å². The molecule has 10 heteroatoms. The molecule has 0 aliphatic carbocycles. The number of nitrogens with one attached hydrogen (secondary N) is 2. The fraction of sp³-hybridized carbons (Fsp3) is 0.400. The third-order valence-corrected chi connectivity index (χ3v) is 3.94. The van der Waals surface area contributed by atoms with Crippen molar-refractivity contribution in [3.05, 3.63) is 10.7 Å². The van der Waals surface area contributed by atoms with E-state index in [-0.39, 0.29) is 11.7 Å². The molecule has 8 nitrogen and oxygen atoms in total. The number of nitrogens with zero attached hydrogens (tertiary/aromatic N) is 3. The summed E-state index contributed by atoms with van der Waals surface area (Å²) >= 11 is 2.31. The Hall–Kier alpha value is -1.78. The molecule has 2 aromatic rings. The van der Waals surface area contributed by atoms with Crippen molar-refractivity contribution in [1.82, 2.24) is 14.3 Å². The van der Waals surface area contributed by atoms with Crippen LogP contribution in [0.2, 0.25) is 0 Å². The van der Waals surface area contributed by atoms with Crippen LogP contribution >= 0.6 is 22.9 Å². The average molecular weight is 314 g/mol. The van der Waals surface area contributed by atoms with Gasteiger partial charge in [-0.3, -0.25) is 10.1 Å². The third kappa shape index (κ3) is 3.62. The van der Waals surface area contributed by atoms with Crippen LogP contribution in [-0.2, 0) is 4.74 Å². The van der Waals surface area contributed by atoms with E-state index in [2.05, 4.69) is 25.0 Å². The SMILES string of the molecule is COCCNc1nc(N)c(C(=O)Nc2nc(C)ns2)s1. The number of anilines is 3. The van der Waals surface area contributed by atoms with Gasteiger partial charge in [-0.25, -0.2) is 9.97 Å². The molecule has 2 rings (SSSR count). The molecule has 2 aromatic heterocycles. The molecule has 0 aliphatic rings. The molecule has 0 atom stereocenters. The van der Waals surface area contributed by atoms with Crippen molar-refractivity contribution in [2.24, 2.45) is 0 Å². The Morgan fingerprint density at radius 1 is 1.40 bits per heavy atom. The maximum atomic E-state index is 12.1. The van der Waals surface area contributed by atoms with Crippen molar-refractivity contribution in [2.75, 3.05) is 36.6 Å². The molecule has 0 saturated heterocycles. The fourth-order valence-electron chi connectivity index (χ4n) is 1.33. The van der Waals surface area contributed by atoms with Crippen LogP contribution in [0.5, 0.6) is 0 Å². The zero-order chi connectivity index (χ0) is 14.5. The van der Waals surface area contributed by atoms with Gasteiger partial charge in [0, 0.05) is 25.2 Å². The zero-order valence-electron chi connectivity index (χ0n) is 11.0. The monoisotopic (exact) mass is 314 g/mol. The lowest BCUT2D eigenvalue weighted by Gasteiger charge is -1.99. The van der Waals surface area contributed by atoms with Gasteiger partial charge < -0.3 is 15.8 Å². The summed E-state index contributed by atoms with van der Waals surface area (Å²) in [5.41, 5.74) is 5.74. The molecular weight excluding hydrogens is 300 g/mol. The van der Waals surface area contributed by atoms with Crippen molar-refractivity contribution in [1.29, 1.82) is 0 Å². The van der Waals surface area contributed by atoms with Gasteiger partial charge in [0.05, 0.1) is 6.61 Å². The van der Waals surface area contributed by atoms with E-state index in [1.807, 2.05) is 0 Å². The van der Waals surface area contributed by atoms with Gasteiger partial charge in [-0.05, 0) is 6.92 Å². The lowest BCUT2D eigenvalue weighted by molar-refractivity contribution is 0.103. The van der Waals surface area contributed by atoms with Gasteiger partial charge >= 0.3 is 0 Å². The zero-order valence-corrected chi connectivity index (χ0v) is 12.6. The summed E-state index contributed by atoms with van der Waals surface area (Å²) in [5, 5.41) is 6.69. The van der Waals surface area contributed by atoms with Gasteiger partial charge in [0.25, 0.3) is 5.91 Å². The maximum Gasteiger partial charge on any atom is 0.271 e. The fourth-order valence-corrected chi connectivity index (χ4v) is 2.71. The van der Waals surface area contributed by atoms with E-state index in [9.17, 15) is 4.79 Å². The second-order valence-electron chi connectivity index (χ2n) is 3.75. The van der Waals surface area contributed by atoms with Crippen LogP contribution in [0.25, 0.3) is 0 Å². The first kappa shape index (κ1) is 14.6. The molecule has 0 bridgehead atoms. The first-order chi connectivity index (χ1) is 9.60. The highest BCUT2D eigenvalue weighted by Crippen LogP contribution is 2.26. The molecule has 0 unspecified atom stereocenters. The second-order valence-corrected chi connectivity index (χ2v) is 5.50. The van der Waals surface area contributed by atoms with Crippen LogP contribution in [-0.4, -0.2) is 40.5 Å². The third-order valence-electron chi connectivity index (χ3n) is 2.19. The quantitative estimate of drug-likeness (QED) is 0.686. The van der Waals surface area contributed by atoms with E-state index < -0.39 is 0 Å². The average Bonchev–Trinajstić information content (AvgIpc) is 2.96. The van der Waals surface area contributed by atoms with Gasteiger partial charge in [0.1, 0.15) is 16.5 Å². The second kappa shape index (κ2) is 6.59. The highest BCUT2D eigenvalue weighted by atomic mass is 32.1. The molecule has 108 valence electrons. The van der Waals surface area contributed by atoms with Gasteiger partial charge in [-0.2, -0.15) is 4.37 Å². The molecule has 1 amide bonds. The van der Waals surface area contributed by atoms with E-state index in [4.69, 9.17) is 10.5 Å². The van der Waals surface area contributed by atoms with Crippen LogP contribution < -0.4 is 16.4 Å². The molecule has 0 aliphatic heterocycles. The molecule has 0 aromatic carbocycles. The minimum Gasteiger partial charge on any atom is -0.383 e. The van der Waals surface area contributed by atoms with Gasteiger partial charge in [-0.1, -0.05) is 11.3 Å². The van der Waals surface area contributed by atoms with Crippen LogP contribution in [0.4, 0.5) is 16.1 Å². The molecule has 0 radical (unpaired) electrons. The summed E-state index contributed by atoms with van der Waals surface area (Å²) in [6, 6.07) is 0.